The van der Waals surface area contributed by atoms with Crippen LogP contribution < -0.4 is 19.8 Å². The van der Waals surface area contributed by atoms with E-state index >= 15 is 0 Å². The number of amides is 1. The fraction of sp³-hybridized carbons (Fsp3) is 0.292. The minimum atomic E-state index is -3.56. The molecule has 9 nitrogen and oxygen atoms in total. The molecule has 2 heterocycles. The molecule has 2 N–H and O–H groups in total. The lowest BCUT2D eigenvalue weighted by Gasteiger charge is -2.27. The number of aryl methyl sites for hydroxylation is 1. The molecule has 0 spiro atoms. The molecule has 0 saturated carbocycles. The largest absolute Gasteiger partial charge is 0.325 e. The lowest BCUT2D eigenvalue weighted by atomic mass is 10.1. The number of nitrogens with zero attached hydrogens (tertiary/aromatic N) is 4. The molecule has 1 atom stereocenters. The molecule has 2 aromatic carbocycles. The fourth-order valence-electron chi connectivity index (χ4n) is 3.91. The summed E-state index contributed by atoms with van der Waals surface area (Å²) >= 11 is 0. The molecule has 13 heteroatoms. The van der Waals surface area contributed by atoms with Gasteiger partial charge in [-0.3, -0.25) is 9.10 Å². The number of sulfonamides is 1. The van der Waals surface area contributed by atoms with Gasteiger partial charge in [0.15, 0.2) is 12.1 Å². The van der Waals surface area contributed by atoms with Gasteiger partial charge in [-0.25, -0.2) is 12.8 Å². The van der Waals surface area contributed by atoms with Crippen molar-refractivity contribution in [3.05, 3.63) is 64.9 Å². The van der Waals surface area contributed by atoms with Crippen LogP contribution in [0.1, 0.15) is 23.6 Å². The maximum atomic E-state index is 14.9. The van der Waals surface area contributed by atoms with Crippen molar-refractivity contribution in [2.45, 2.75) is 33.1 Å². The van der Waals surface area contributed by atoms with Gasteiger partial charge < -0.3 is 15.5 Å². The van der Waals surface area contributed by atoms with Gasteiger partial charge in [0.05, 0.1) is 18.4 Å². The number of benzene rings is 2. The van der Waals surface area contributed by atoms with Crippen molar-refractivity contribution < 1.29 is 26.4 Å². The van der Waals surface area contributed by atoms with Crippen LogP contribution in [-0.2, 0) is 27.8 Å². The minimum Gasteiger partial charge on any atom is -0.325 e. The first-order valence-corrected chi connectivity index (χ1v) is 13.1. The van der Waals surface area contributed by atoms with Crippen molar-refractivity contribution >= 4 is 44.8 Å². The third kappa shape index (κ3) is 5.45. The van der Waals surface area contributed by atoms with Crippen LogP contribution in [0.3, 0.4) is 0 Å². The standard InChI is InChI=1S/C24H25F3N6O3S/c1-13-8-9-16(32(3)37(4,35)36)10-15(13)12-33(14(2)25)23-21(26)22(27)30-24(31-23)29-19-7-5-6-18-17(19)11-20(34)28-18/h5-10,14H,11-12H2,1-4H3,(H,28,34)(H,29,30,31). The molecular formula is C24H25F3N6O3S. The van der Waals surface area contributed by atoms with Gasteiger partial charge in [0.1, 0.15) is 0 Å². The van der Waals surface area contributed by atoms with E-state index in [0.717, 1.165) is 22.4 Å². The zero-order valence-electron chi connectivity index (χ0n) is 20.5. The fourth-order valence-corrected chi connectivity index (χ4v) is 4.41. The van der Waals surface area contributed by atoms with Crippen molar-refractivity contribution in [3.8, 4) is 0 Å². The number of fused-ring (bicyclic) bond motifs is 1. The van der Waals surface area contributed by atoms with E-state index in [1.165, 1.54) is 13.1 Å². The van der Waals surface area contributed by atoms with Crippen molar-refractivity contribution in [2.75, 3.05) is 33.1 Å². The molecule has 196 valence electrons. The maximum Gasteiger partial charge on any atom is 0.256 e. The molecule has 0 fully saturated rings. The topological polar surface area (TPSA) is 108 Å². The van der Waals surface area contributed by atoms with E-state index in [9.17, 15) is 26.4 Å². The second-order valence-electron chi connectivity index (χ2n) is 8.70. The molecule has 3 aromatic rings. The summed E-state index contributed by atoms with van der Waals surface area (Å²) in [5, 5.41) is 5.49. The Morgan fingerprint density at radius 1 is 1.19 bits per heavy atom. The molecule has 0 aliphatic carbocycles. The van der Waals surface area contributed by atoms with Crippen LogP contribution in [-0.4, -0.2) is 43.9 Å². The van der Waals surface area contributed by atoms with Gasteiger partial charge in [-0.2, -0.15) is 18.7 Å². The zero-order chi connectivity index (χ0) is 27.1. The summed E-state index contributed by atoms with van der Waals surface area (Å²) < 4.78 is 69.2. The highest BCUT2D eigenvalue weighted by Gasteiger charge is 2.26. The van der Waals surface area contributed by atoms with Gasteiger partial charge in [-0.15, -0.1) is 0 Å². The average Bonchev–Trinajstić information content (AvgIpc) is 3.21. The van der Waals surface area contributed by atoms with Crippen molar-refractivity contribution in [1.29, 1.82) is 0 Å². The van der Waals surface area contributed by atoms with E-state index in [2.05, 4.69) is 20.6 Å². The number of carbonyl (C=O) groups excluding carboxylic acids is 1. The number of alkyl halides is 1. The number of hydrogen-bond acceptors (Lipinski definition) is 7. The summed E-state index contributed by atoms with van der Waals surface area (Å²) in [5.41, 5.74) is 3.09. The minimum absolute atomic E-state index is 0.0836. The monoisotopic (exact) mass is 534 g/mol. The molecule has 37 heavy (non-hydrogen) atoms. The van der Waals surface area contributed by atoms with Gasteiger partial charge in [0.25, 0.3) is 5.95 Å². The lowest BCUT2D eigenvalue weighted by molar-refractivity contribution is -0.115. The second kappa shape index (κ2) is 9.88. The number of nitrogens with one attached hydrogen (secondary N) is 2. The van der Waals surface area contributed by atoms with Crippen LogP contribution >= 0.6 is 0 Å². The van der Waals surface area contributed by atoms with Crippen LogP contribution in [0, 0.1) is 18.7 Å². The predicted octanol–water partition coefficient (Wildman–Crippen LogP) is 4.02. The number of hydrogen-bond donors (Lipinski definition) is 2. The van der Waals surface area contributed by atoms with Crippen LogP contribution in [0.15, 0.2) is 36.4 Å². The predicted molar refractivity (Wildman–Crippen MR) is 135 cm³/mol. The van der Waals surface area contributed by atoms with Gasteiger partial charge in [-0.1, -0.05) is 12.1 Å². The van der Waals surface area contributed by atoms with Crippen LogP contribution in [0.2, 0.25) is 0 Å². The third-order valence-corrected chi connectivity index (χ3v) is 7.27. The first kappa shape index (κ1) is 26.2. The lowest BCUT2D eigenvalue weighted by Crippen LogP contribution is -2.32. The Labute approximate surface area is 212 Å². The number of carbonyl (C=O) groups is 1. The Bertz CT molecular complexity index is 1480. The Balaban J connectivity index is 1.70. The molecule has 1 amide bonds. The Hall–Kier alpha value is -3.87. The van der Waals surface area contributed by atoms with Crippen molar-refractivity contribution in [3.63, 3.8) is 0 Å². The molecule has 1 aromatic heterocycles. The smallest absolute Gasteiger partial charge is 0.256 e. The highest BCUT2D eigenvalue weighted by Crippen LogP contribution is 2.33. The summed E-state index contributed by atoms with van der Waals surface area (Å²) in [5.74, 6) is -4.08. The van der Waals surface area contributed by atoms with E-state index < -0.39 is 33.9 Å². The van der Waals surface area contributed by atoms with Gasteiger partial charge in [0, 0.05) is 30.5 Å². The summed E-state index contributed by atoms with van der Waals surface area (Å²) in [7, 11) is -2.18. The maximum absolute atomic E-state index is 14.9. The van der Waals surface area contributed by atoms with Gasteiger partial charge >= 0.3 is 0 Å². The molecule has 1 aliphatic heterocycles. The number of rotatable bonds is 8. The summed E-state index contributed by atoms with van der Waals surface area (Å²) in [4.78, 5) is 20.3. The summed E-state index contributed by atoms with van der Waals surface area (Å²) in [6.07, 6.45) is -0.667. The number of aromatic nitrogens is 2. The van der Waals surface area contributed by atoms with Gasteiger partial charge in [0.2, 0.25) is 27.7 Å². The van der Waals surface area contributed by atoms with E-state index in [0.29, 0.717) is 33.8 Å². The SMILES string of the molecule is Cc1ccc(N(C)S(C)(=O)=O)cc1CN(c1nc(Nc2cccc3c2CC(=O)N3)nc(F)c1F)C(C)F. The third-order valence-electron chi connectivity index (χ3n) is 6.06. The van der Waals surface area contributed by atoms with Crippen molar-refractivity contribution in [1.82, 2.24) is 9.97 Å². The molecule has 0 radical (unpaired) electrons. The van der Waals surface area contributed by atoms with E-state index in [1.807, 2.05) is 0 Å². The highest BCUT2D eigenvalue weighted by molar-refractivity contribution is 7.92. The molecule has 4 rings (SSSR count). The zero-order valence-corrected chi connectivity index (χ0v) is 21.3. The Morgan fingerprint density at radius 3 is 2.59 bits per heavy atom. The highest BCUT2D eigenvalue weighted by atomic mass is 32.2. The second-order valence-corrected chi connectivity index (χ2v) is 10.7. The van der Waals surface area contributed by atoms with E-state index in [1.54, 1.807) is 37.3 Å². The van der Waals surface area contributed by atoms with Crippen LogP contribution in [0.25, 0.3) is 0 Å². The van der Waals surface area contributed by atoms with Crippen LogP contribution in [0.5, 0.6) is 0 Å². The van der Waals surface area contributed by atoms with Crippen LogP contribution in [0.4, 0.5) is 42.0 Å². The van der Waals surface area contributed by atoms with E-state index in [4.69, 9.17) is 0 Å². The van der Waals surface area contributed by atoms with Crippen molar-refractivity contribution in [2.24, 2.45) is 0 Å². The Morgan fingerprint density at radius 2 is 1.92 bits per heavy atom. The number of anilines is 5. The van der Waals surface area contributed by atoms with Gasteiger partial charge in [-0.05, 0) is 49.2 Å². The quantitative estimate of drug-likeness (QED) is 0.332. The molecule has 1 aliphatic rings. The first-order valence-electron chi connectivity index (χ1n) is 11.2. The molecule has 0 saturated heterocycles. The summed E-state index contributed by atoms with van der Waals surface area (Å²) in [6.45, 7) is 2.65. The van der Waals surface area contributed by atoms with E-state index in [-0.39, 0.29) is 24.8 Å². The first-order chi connectivity index (χ1) is 17.3. The number of halogens is 3. The normalized spacial score (nSPS) is 13.6. The molecular weight excluding hydrogens is 509 g/mol. The average molecular weight is 535 g/mol. The molecule has 1 unspecified atom stereocenters. The molecule has 0 bridgehead atoms. The Kier molecular flexibility index (Phi) is 7.00. The summed E-state index contributed by atoms with van der Waals surface area (Å²) in [6, 6.07) is 9.78.